The monoisotopic (exact) mass is 388 g/mol. The van der Waals surface area contributed by atoms with Crippen molar-refractivity contribution in [1.82, 2.24) is 30.4 Å². The molecule has 0 atom stereocenters. The number of nitrogens with one attached hydrogen (secondary N) is 3. The lowest BCUT2D eigenvalue weighted by Gasteiger charge is -2.31. The Kier molecular flexibility index (Phi) is 6.59. The third-order valence-corrected chi connectivity index (χ3v) is 4.82. The van der Waals surface area contributed by atoms with E-state index in [-0.39, 0.29) is 30.3 Å². The van der Waals surface area contributed by atoms with Crippen LogP contribution in [0.25, 0.3) is 5.69 Å². The highest BCUT2D eigenvalue weighted by Gasteiger charge is 2.21. The summed E-state index contributed by atoms with van der Waals surface area (Å²) in [4.78, 5) is 29.5. The Balaban J connectivity index is 1.42. The maximum Gasteiger partial charge on any atom is 0.315 e. The van der Waals surface area contributed by atoms with Crippen LogP contribution in [0.1, 0.15) is 18.4 Å². The zero-order valence-corrected chi connectivity index (χ0v) is 15.8. The molecule has 3 rings (SSSR count). The summed E-state index contributed by atoms with van der Waals surface area (Å²) < 4.78 is 15.8. The molecular formula is C19H25FN6O2. The van der Waals surface area contributed by atoms with Gasteiger partial charge in [0.1, 0.15) is 5.82 Å². The number of nitrogens with zero attached hydrogens (tertiary/aromatic N) is 3. The molecule has 1 fully saturated rings. The summed E-state index contributed by atoms with van der Waals surface area (Å²) in [5.74, 6) is -0.378. The summed E-state index contributed by atoms with van der Waals surface area (Å²) in [7, 11) is 1.62. The first kappa shape index (κ1) is 19.8. The average Bonchev–Trinajstić information content (AvgIpc) is 3.22. The predicted molar refractivity (Wildman–Crippen MR) is 102 cm³/mol. The molecule has 0 saturated carbocycles. The summed E-state index contributed by atoms with van der Waals surface area (Å²) in [5.41, 5.74) is 1.09. The molecule has 28 heavy (non-hydrogen) atoms. The maximum absolute atomic E-state index is 14.3. The second-order valence-corrected chi connectivity index (χ2v) is 6.81. The molecule has 2 heterocycles. The van der Waals surface area contributed by atoms with E-state index in [2.05, 4.69) is 25.8 Å². The third kappa shape index (κ3) is 5.29. The lowest BCUT2D eigenvalue weighted by Crippen LogP contribution is -2.49. The quantitative estimate of drug-likeness (QED) is 0.689. The fourth-order valence-corrected chi connectivity index (χ4v) is 3.21. The first-order valence-electron chi connectivity index (χ1n) is 9.29. The molecule has 9 heteroatoms. The molecule has 1 aliphatic heterocycles. The smallest absolute Gasteiger partial charge is 0.315 e. The number of piperidine rings is 1. The highest BCUT2D eigenvalue weighted by molar-refractivity contribution is 5.77. The Morgan fingerprint density at radius 3 is 2.71 bits per heavy atom. The standard InChI is InChI=1S/C19H25FN6O2/c1-21-18(27)12-25-7-4-15(5-8-25)24-19(28)23-11-14-2-3-17(16(20)10-14)26-9-6-22-13-26/h2-3,6,9-10,13,15H,4-5,7-8,11-12H2,1H3,(H,21,27)(H2,23,24,28). The highest BCUT2D eigenvalue weighted by Crippen LogP contribution is 2.15. The number of hydrogen-bond acceptors (Lipinski definition) is 4. The second-order valence-electron chi connectivity index (χ2n) is 6.81. The van der Waals surface area contributed by atoms with Gasteiger partial charge in [-0.1, -0.05) is 6.07 Å². The van der Waals surface area contributed by atoms with Crippen LogP contribution in [-0.4, -0.2) is 59.1 Å². The average molecular weight is 388 g/mol. The topological polar surface area (TPSA) is 91.3 Å². The molecule has 0 aliphatic carbocycles. The molecule has 3 N–H and O–H groups in total. The molecule has 0 radical (unpaired) electrons. The number of hydrogen-bond donors (Lipinski definition) is 3. The van der Waals surface area contributed by atoms with E-state index in [0.717, 1.165) is 25.9 Å². The molecule has 3 amide bonds. The minimum absolute atomic E-state index is 0.00422. The van der Waals surface area contributed by atoms with Gasteiger partial charge >= 0.3 is 6.03 Å². The molecule has 2 aromatic rings. The van der Waals surface area contributed by atoms with Crippen LogP contribution in [0.5, 0.6) is 0 Å². The van der Waals surface area contributed by atoms with E-state index >= 15 is 0 Å². The summed E-state index contributed by atoms with van der Waals surface area (Å²) in [6.45, 7) is 2.15. The van der Waals surface area contributed by atoms with E-state index in [1.54, 1.807) is 36.1 Å². The van der Waals surface area contributed by atoms with Crippen molar-refractivity contribution < 1.29 is 14.0 Å². The molecular weight excluding hydrogens is 363 g/mol. The second kappa shape index (κ2) is 9.32. The van der Waals surface area contributed by atoms with Crippen molar-refractivity contribution in [2.24, 2.45) is 0 Å². The molecule has 1 saturated heterocycles. The van der Waals surface area contributed by atoms with Gasteiger partial charge in [0.15, 0.2) is 0 Å². The number of carbonyl (C=O) groups excluding carboxylic acids is 2. The Labute approximate surface area is 163 Å². The largest absolute Gasteiger partial charge is 0.358 e. The van der Waals surface area contributed by atoms with Crippen molar-refractivity contribution in [3.05, 3.63) is 48.3 Å². The number of carbonyl (C=O) groups is 2. The zero-order valence-electron chi connectivity index (χ0n) is 15.8. The van der Waals surface area contributed by atoms with Crippen molar-refractivity contribution >= 4 is 11.9 Å². The van der Waals surface area contributed by atoms with Crippen molar-refractivity contribution in [2.45, 2.75) is 25.4 Å². The number of amides is 3. The minimum atomic E-state index is -0.374. The number of urea groups is 1. The molecule has 150 valence electrons. The first-order chi connectivity index (χ1) is 13.5. The van der Waals surface area contributed by atoms with Gasteiger partial charge in [-0.05, 0) is 30.5 Å². The van der Waals surface area contributed by atoms with E-state index in [9.17, 15) is 14.0 Å². The van der Waals surface area contributed by atoms with Gasteiger partial charge in [0, 0.05) is 45.1 Å². The van der Waals surface area contributed by atoms with Crippen LogP contribution in [0, 0.1) is 5.82 Å². The number of imidazole rings is 1. The first-order valence-corrected chi connectivity index (χ1v) is 9.29. The number of likely N-dealkylation sites (N-methyl/N-ethyl adjacent to an activating group) is 1. The van der Waals surface area contributed by atoms with Gasteiger partial charge < -0.3 is 20.5 Å². The van der Waals surface area contributed by atoms with E-state index < -0.39 is 0 Å². The van der Waals surface area contributed by atoms with Crippen LogP contribution >= 0.6 is 0 Å². The molecule has 1 aliphatic rings. The number of likely N-dealkylation sites (tertiary alicyclic amines) is 1. The Morgan fingerprint density at radius 1 is 1.29 bits per heavy atom. The number of rotatable bonds is 6. The van der Waals surface area contributed by atoms with Crippen molar-refractivity contribution in [3.63, 3.8) is 0 Å². The minimum Gasteiger partial charge on any atom is -0.358 e. The number of halogens is 1. The Morgan fingerprint density at radius 2 is 2.07 bits per heavy atom. The van der Waals surface area contributed by atoms with Gasteiger partial charge in [-0.25, -0.2) is 14.2 Å². The highest BCUT2D eigenvalue weighted by atomic mass is 19.1. The predicted octanol–water partition coefficient (Wildman–Crippen LogP) is 1.02. The van der Waals surface area contributed by atoms with Gasteiger partial charge in [0.2, 0.25) is 5.91 Å². The molecule has 0 unspecified atom stereocenters. The molecule has 8 nitrogen and oxygen atoms in total. The summed E-state index contributed by atoms with van der Waals surface area (Å²) in [6.07, 6.45) is 6.37. The van der Waals surface area contributed by atoms with Gasteiger partial charge in [0.25, 0.3) is 0 Å². The Hall–Kier alpha value is -2.94. The molecule has 1 aromatic heterocycles. The van der Waals surface area contributed by atoms with E-state index in [0.29, 0.717) is 17.8 Å². The van der Waals surface area contributed by atoms with E-state index in [1.807, 2.05) is 0 Å². The van der Waals surface area contributed by atoms with Crippen LogP contribution in [-0.2, 0) is 11.3 Å². The van der Waals surface area contributed by atoms with Gasteiger partial charge in [-0.15, -0.1) is 0 Å². The summed E-state index contributed by atoms with van der Waals surface area (Å²) in [5, 5.41) is 8.32. The van der Waals surface area contributed by atoms with Crippen LogP contribution in [0.4, 0.5) is 9.18 Å². The fourth-order valence-electron chi connectivity index (χ4n) is 3.21. The van der Waals surface area contributed by atoms with Gasteiger partial charge in [-0.3, -0.25) is 9.69 Å². The van der Waals surface area contributed by atoms with Crippen LogP contribution in [0.15, 0.2) is 36.9 Å². The fraction of sp³-hybridized carbons (Fsp3) is 0.421. The number of aromatic nitrogens is 2. The summed E-state index contributed by atoms with van der Waals surface area (Å²) in [6, 6.07) is 4.64. The zero-order chi connectivity index (χ0) is 19.9. The van der Waals surface area contributed by atoms with Crippen LogP contribution in [0.2, 0.25) is 0 Å². The lowest BCUT2D eigenvalue weighted by atomic mass is 10.1. The van der Waals surface area contributed by atoms with E-state index in [1.165, 1.54) is 12.4 Å². The Bertz CT molecular complexity index is 803. The maximum atomic E-state index is 14.3. The molecule has 0 spiro atoms. The van der Waals surface area contributed by atoms with E-state index in [4.69, 9.17) is 0 Å². The summed E-state index contributed by atoms with van der Waals surface area (Å²) >= 11 is 0. The number of benzene rings is 1. The normalized spacial score (nSPS) is 15.2. The van der Waals surface area contributed by atoms with Crippen molar-refractivity contribution in [2.75, 3.05) is 26.7 Å². The van der Waals surface area contributed by atoms with Crippen LogP contribution in [0.3, 0.4) is 0 Å². The molecule has 0 bridgehead atoms. The SMILES string of the molecule is CNC(=O)CN1CCC(NC(=O)NCc2ccc(-n3ccnc3)c(F)c2)CC1. The van der Waals surface area contributed by atoms with Gasteiger partial charge in [-0.2, -0.15) is 0 Å². The van der Waals surface area contributed by atoms with Crippen molar-refractivity contribution in [3.8, 4) is 5.69 Å². The van der Waals surface area contributed by atoms with Crippen LogP contribution < -0.4 is 16.0 Å². The molecule has 1 aromatic carbocycles. The van der Waals surface area contributed by atoms with Gasteiger partial charge in [0.05, 0.1) is 18.6 Å². The lowest BCUT2D eigenvalue weighted by molar-refractivity contribution is -0.122. The van der Waals surface area contributed by atoms with Crippen molar-refractivity contribution in [1.29, 1.82) is 0 Å². The third-order valence-electron chi connectivity index (χ3n) is 4.82.